The van der Waals surface area contributed by atoms with Crippen molar-refractivity contribution in [3.8, 4) is 11.4 Å². The van der Waals surface area contributed by atoms with E-state index >= 15 is 0 Å². The zero-order valence-corrected chi connectivity index (χ0v) is 12.2. The molecule has 6 nitrogen and oxygen atoms in total. The Kier molecular flexibility index (Phi) is 4.60. The van der Waals surface area contributed by atoms with Crippen molar-refractivity contribution in [3.63, 3.8) is 0 Å². The molecule has 1 aliphatic rings. The number of hydroxylamine groups is 1. The summed E-state index contributed by atoms with van der Waals surface area (Å²) in [4.78, 5) is 8.78. The number of rotatable bonds is 4. The molecule has 2 N–H and O–H groups in total. The van der Waals surface area contributed by atoms with E-state index in [4.69, 9.17) is 9.73 Å². The molecular formula is C16H18N4O2. The van der Waals surface area contributed by atoms with Gasteiger partial charge in [-0.25, -0.2) is 4.99 Å². The van der Waals surface area contributed by atoms with Crippen LogP contribution in [0.1, 0.15) is 38.0 Å². The van der Waals surface area contributed by atoms with Gasteiger partial charge < -0.3 is 4.52 Å². The standard InChI is InChI=1S/C16H18N4O2/c21-18-11-17-14-10-6-2-5-9-13(14)16-19-15(20-22-16)12-7-3-1-4-8-12/h1,3-4,7-8,11,21H,2,5-6,9-10H2,(H,17,18). The fourth-order valence-corrected chi connectivity index (χ4v) is 2.60. The first-order valence-electron chi connectivity index (χ1n) is 7.42. The molecule has 1 aromatic heterocycles. The normalized spacial score (nSPS) is 16.0. The summed E-state index contributed by atoms with van der Waals surface area (Å²) in [7, 11) is 0. The minimum Gasteiger partial charge on any atom is -0.334 e. The molecule has 0 bridgehead atoms. The Morgan fingerprint density at radius 2 is 1.95 bits per heavy atom. The lowest BCUT2D eigenvalue weighted by Crippen LogP contribution is -2.02. The van der Waals surface area contributed by atoms with Gasteiger partial charge in [0.05, 0.1) is 5.70 Å². The number of benzene rings is 1. The van der Waals surface area contributed by atoms with E-state index in [0.29, 0.717) is 11.7 Å². The Morgan fingerprint density at radius 1 is 1.14 bits per heavy atom. The van der Waals surface area contributed by atoms with E-state index in [0.717, 1.165) is 48.9 Å². The molecule has 3 rings (SSSR count). The highest BCUT2D eigenvalue weighted by Gasteiger charge is 2.19. The maximum atomic E-state index is 8.70. The fraction of sp³-hybridized carbons (Fsp3) is 0.312. The van der Waals surface area contributed by atoms with Gasteiger partial charge in [-0.1, -0.05) is 41.9 Å². The molecule has 0 aliphatic heterocycles. The van der Waals surface area contributed by atoms with Crippen molar-refractivity contribution in [1.29, 1.82) is 0 Å². The molecule has 1 heterocycles. The number of allylic oxidation sites excluding steroid dienone is 2. The minimum absolute atomic E-state index is 0.519. The van der Waals surface area contributed by atoms with Gasteiger partial charge in [-0.05, 0) is 25.7 Å². The minimum atomic E-state index is 0.519. The summed E-state index contributed by atoms with van der Waals surface area (Å²) in [6.07, 6.45) is 6.26. The van der Waals surface area contributed by atoms with Gasteiger partial charge in [0, 0.05) is 11.1 Å². The van der Waals surface area contributed by atoms with Crippen LogP contribution < -0.4 is 5.48 Å². The summed E-state index contributed by atoms with van der Waals surface area (Å²) in [5.41, 5.74) is 4.73. The summed E-state index contributed by atoms with van der Waals surface area (Å²) < 4.78 is 5.45. The van der Waals surface area contributed by atoms with Crippen molar-refractivity contribution in [2.45, 2.75) is 32.1 Å². The van der Waals surface area contributed by atoms with Crippen LogP contribution >= 0.6 is 0 Å². The third kappa shape index (κ3) is 3.23. The van der Waals surface area contributed by atoms with Crippen molar-refractivity contribution in [3.05, 3.63) is 41.9 Å². The highest BCUT2D eigenvalue weighted by Crippen LogP contribution is 2.31. The lowest BCUT2D eigenvalue weighted by atomic mass is 10.1. The molecule has 1 aromatic carbocycles. The first-order valence-corrected chi connectivity index (χ1v) is 7.42. The highest BCUT2D eigenvalue weighted by molar-refractivity contribution is 5.67. The number of nitrogens with zero attached hydrogens (tertiary/aromatic N) is 3. The molecule has 2 aromatic rings. The topological polar surface area (TPSA) is 83.5 Å². The Labute approximate surface area is 128 Å². The molecule has 0 amide bonds. The van der Waals surface area contributed by atoms with E-state index in [9.17, 15) is 0 Å². The Balaban J connectivity index is 1.95. The molecule has 0 spiro atoms. The summed E-state index contributed by atoms with van der Waals surface area (Å²) in [5, 5.41) is 12.8. The average Bonchev–Trinajstić information content (AvgIpc) is 2.93. The largest absolute Gasteiger partial charge is 0.334 e. The lowest BCUT2D eigenvalue weighted by Gasteiger charge is -2.03. The predicted octanol–water partition coefficient (Wildman–Crippen LogP) is 3.42. The lowest BCUT2D eigenvalue weighted by molar-refractivity contribution is 0.239. The van der Waals surface area contributed by atoms with Crippen LogP contribution in [0.2, 0.25) is 0 Å². The summed E-state index contributed by atoms with van der Waals surface area (Å²) in [5.74, 6) is 1.10. The average molecular weight is 298 g/mol. The quantitative estimate of drug-likeness (QED) is 0.513. The first-order chi connectivity index (χ1) is 10.9. The molecule has 114 valence electrons. The van der Waals surface area contributed by atoms with Gasteiger partial charge in [-0.3, -0.25) is 10.7 Å². The van der Waals surface area contributed by atoms with Crippen molar-refractivity contribution >= 4 is 11.9 Å². The van der Waals surface area contributed by atoms with Crippen LogP contribution in [0.25, 0.3) is 17.0 Å². The SMILES string of the molecule is ONC=NC1=C(c2nc(-c3ccccc3)no2)CCCCC1. The van der Waals surface area contributed by atoms with E-state index in [1.54, 1.807) is 0 Å². The van der Waals surface area contributed by atoms with E-state index < -0.39 is 0 Å². The predicted molar refractivity (Wildman–Crippen MR) is 83.2 cm³/mol. The van der Waals surface area contributed by atoms with Gasteiger partial charge >= 0.3 is 0 Å². The van der Waals surface area contributed by atoms with Gasteiger partial charge in [-0.2, -0.15) is 4.98 Å². The smallest absolute Gasteiger partial charge is 0.256 e. The Bertz CT molecular complexity index is 676. The van der Waals surface area contributed by atoms with Gasteiger partial charge in [0.1, 0.15) is 6.34 Å². The molecule has 1 aliphatic carbocycles. The molecule has 0 atom stereocenters. The second kappa shape index (κ2) is 7.00. The van der Waals surface area contributed by atoms with E-state index in [-0.39, 0.29) is 0 Å². The maximum absolute atomic E-state index is 8.70. The molecule has 0 radical (unpaired) electrons. The molecule has 0 unspecified atom stereocenters. The van der Waals surface area contributed by atoms with Gasteiger partial charge in [0.25, 0.3) is 5.89 Å². The summed E-state index contributed by atoms with van der Waals surface area (Å²) in [6.45, 7) is 0. The second-order valence-electron chi connectivity index (χ2n) is 5.16. The van der Waals surface area contributed by atoms with Gasteiger partial charge in [-0.15, -0.1) is 0 Å². The maximum Gasteiger partial charge on any atom is 0.256 e. The molecule has 0 saturated carbocycles. The van der Waals surface area contributed by atoms with Crippen LogP contribution in [0.3, 0.4) is 0 Å². The monoisotopic (exact) mass is 298 g/mol. The van der Waals surface area contributed by atoms with Crippen LogP contribution in [0, 0.1) is 0 Å². The Hall–Kier alpha value is -2.47. The molecule has 0 fully saturated rings. The number of aliphatic imine (C=N–C) groups is 1. The number of hydrogen-bond donors (Lipinski definition) is 2. The van der Waals surface area contributed by atoms with Gasteiger partial charge in [0.15, 0.2) is 0 Å². The molecular weight excluding hydrogens is 280 g/mol. The van der Waals surface area contributed by atoms with Crippen LogP contribution in [-0.4, -0.2) is 21.7 Å². The third-order valence-electron chi connectivity index (χ3n) is 3.68. The van der Waals surface area contributed by atoms with Crippen molar-refractivity contribution in [2.24, 2.45) is 4.99 Å². The van der Waals surface area contributed by atoms with Crippen LogP contribution in [0.5, 0.6) is 0 Å². The third-order valence-corrected chi connectivity index (χ3v) is 3.68. The van der Waals surface area contributed by atoms with Crippen LogP contribution in [-0.2, 0) is 0 Å². The van der Waals surface area contributed by atoms with Crippen molar-refractivity contribution in [2.75, 3.05) is 0 Å². The van der Waals surface area contributed by atoms with Crippen LogP contribution in [0.4, 0.5) is 0 Å². The first kappa shape index (κ1) is 14.5. The second-order valence-corrected chi connectivity index (χ2v) is 5.16. The summed E-state index contributed by atoms with van der Waals surface area (Å²) in [6, 6.07) is 9.74. The van der Waals surface area contributed by atoms with Crippen molar-refractivity contribution in [1.82, 2.24) is 15.6 Å². The van der Waals surface area contributed by atoms with Gasteiger partial charge in [0.2, 0.25) is 5.82 Å². The zero-order valence-electron chi connectivity index (χ0n) is 12.2. The molecule has 6 heteroatoms. The zero-order chi connectivity index (χ0) is 15.2. The van der Waals surface area contributed by atoms with Crippen LogP contribution in [0.15, 0.2) is 45.5 Å². The molecule has 22 heavy (non-hydrogen) atoms. The number of aromatic nitrogens is 2. The van der Waals surface area contributed by atoms with E-state index in [1.807, 2.05) is 35.8 Å². The van der Waals surface area contributed by atoms with Crippen molar-refractivity contribution < 1.29 is 9.73 Å². The van der Waals surface area contributed by atoms with E-state index in [1.165, 1.54) is 6.34 Å². The summed E-state index contributed by atoms with van der Waals surface area (Å²) >= 11 is 0. The Morgan fingerprint density at radius 3 is 2.77 bits per heavy atom. The van der Waals surface area contributed by atoms with E-state index in [2.05, 4.69) is 15.1 Å². The number of hydrogen-bond acceptors (Lipinski definition) is 5. The number of nitrogens with one attached hydrogen (secondary N) is 1. The molecule has 0 saturated heterocycles. The highest BCUT2D eigenvalue weighted by atomic mass is 16.5. The fourth-order valence-electron chi connectivity index (χ4n) is 2.60.